The molecule has 120 valence electrons. The molecule has 2 rings (SSSR count). The molecule has 0 atom stereocenters. The number of nitriles is 1. The van der Waals surface area contributed by atoms with Crippen LogP contribution in [0.25, 0.3) is 11.3 Å². The standard InChI is InChI=1S/C16H17N3O3S/c1-3-19(4-2)23(21,22)14-8-5-12(6-9-14)15-10-7-13(11-17)16(20)18-15/h5-10H,3-4H2,1-2H3,(H,18,20). The average Bonchev–Trinajstić information content (AvgIpc) is 2.55. The molecule has 0 amide bonds. The molecule has 1 aromatic heterocycles. The van der Waals surface area contributed by atoms with Gasteiger partial charge in [0.1, 0.15) is 11.6 Å². The van der Waals surface area contributed by atoms with E-state index in [1.807, 2.05) is 0 Å². The Morgan fingerprint density at radius 3 is 2.17 bits per heavy atom. The normalized spacial score (nSPS) is 11.4. The molecule has 0 saturated heterocycles. The van der Waals surface area contributed by atoms with Crippen molar-refractivity contribution in [1.82, 2.24) is 9.29 Å². The maximum Gasteiger partial charge on any atom is 0.266 e. The summed E-state index contributed by atoms with van der Waals surface area (Å²) in [4.78, 5) is 14.5. The van der Waals surface area contributed by atoms with Gasteiger partial charge in [0, 0.05) is 18.8 Å². The summed E-state index contributed by atoms with van der Waals surface area (Å²) in [6.07, 6.45) is 0. The molecule has 2 aromatic rings. The lowest BCUT2D eigenvalue weighted by atomic mass is 10.1. The van der Waals surface area contributed by atoms with Crippen LogP contribution in [0.2, 0.25) is 0 Å². The highest BCUT2D eigenvalue weighted by Crippen LogP contribution is 2.21. The predicted octanol–water partition coefficient (Wildman–Crippen LogP) is 1.94. The van der Waals surface area contributed by atoms with Crippen LogP contribution < -0.4 is 5.56 Å². The number of pyridine rings is 1. The number of nitrogens with one attached hydrogen (secondary N) is 1. The first-order chi connectivity index (χ1) is 10.9. The van der Waals surface area contributed by atoms with Crippen LogP contribution in [-0.2, 0) is 10.0 Å². The molecule has 1 heterocycles. The van der Waals surface area contributed by atoms with Crippen LogP contribution in [0.1, 0.15) is 19.4 Å². The van der Waals surface area contributed by atoms with Gasteiger partial charge < -0.3 is 4.98 Å². The van der Waals surface area contributed by atoms with Gasteiger partial charge in [-0.2, -0.15) is 9.57 Å². The van der Waals surface area contributed by atoms with E-state index in [4.69, 9.17) is 5.26 Å². The third-order valence-corrected chi connectivity index (χ3v) is 5.60. The Labute approximate surface area is 135 Å². The Kier molecular flexibility index (Phi) is 4.98. The lowest BCUT2D eigenvalue weighted by Gasteiger charge is -2.18. The van der Waals surface area contributed by atoms with E-state index in [1.54, 1.807) is 38.1 Å². The Bertz CT molecular complexity index is 889. The second kappa shape index (κ2) is 6.77. The molecule has 1 N–H and O–H groups in total. The molecule has 0 unspecified atom stereocenters. The summed E-state index contributed by atoms with van der Waals surface area (Å²) in [5, 5.41) is 8.76. The van der Waals surface area contributed by atoms with Gasteiger partial charge in [-0.05, 0) is 29.8 Å². The molecule has 0 bridgehead atoms. The van der Waals surface area contributed by atoms with Crippen LogP contribution in [0.3, 0.4) is 0 Å². The number of rotatable bonds is 5. The number of aromatic nitrogens is 1. The topological polar surface area (TPSA) is 94.0 Å². The first-order valence-electron chi connectivity index (χ1n) is 7.18. The number of H-pyrrole nitrogens is 1. The first-order valence-corrected chi connectivity index (χ1v) is 8.62. The van der Waals surface area contributed by atoms with E-state index in [0.717, 1.165) is 0 Å². The number of benzene rings is 1. The van der Waals surface area contributed by atoms with E-state index in [2.05, 4.69) is 4.98 Å². The molecule has 7 heteroatoms. The van der Waals surface area contributed by atoms with Crippen molar-refractivity contribution in [1.29, 1.82) is 5.26 Å². The molecule has 0 radical (unpaired) electrons. The number of sulfonamides is 1. The quantitative estimate of drug-likeness (QED) is 0.906. The Morgan fingerprint density at radius 1 is 1.09 bits per heavy atom. The van der Waals surface area contributed by atoms with E-state index in [9.17, 15) is 13.2 Å². The number of hydrogen-bond acceptors (Lipinski definition) is 4. The predicted molar refractivity (Wildman–Crippen MR) is 87.3 cm³/mol. The molecule has 0 fully saturated rings. The summed E-state index contributed by atoms with van der Waals surface area (Å²) >= 11 is 0. The lowest BCUT2D eigenvalue weighted by molar-refractivity contribution is 0.445. The highest BCUT2D eigenvalue weighted by Gasteiger charge is 2.21. The molecule has 23 heavy (non-hydrogen) atoms. The maximum atomic E-state index is 12.4. The van der Waals surface area contributed by atoms with Crippen molar-refractivity contribution < 1.29 is 8.42 Å². The van der Waals surface area contributed by atoms with Crippen molar-refractivity contribution in [3.8, 4) is 17.3 Å². The monoisotopic (exact) mass is 331 g/mol. The first kappa shape index (κ1) is 16.9. The average molecular weight is 331 g/mol. The third kappa shape index (κ3) is 3.33. The van der Waals surface area contributed by atoms with Crippen molar-refractivity contribution in [2.45, 2.75) is 18.7 Å². The molecule has 0 aliphatic carbocycles. The van der Waals surface area contributed by atoms with E-state index in [0.29, 0.717) is 24.3 Å². The van der Waals surface area contributed by atoms with Gasteiger partial charge in [-0.1, -0.05) is 26.0 Å². The molecule has 0 aliphatic rings. The minimum absolute atomic E-state index is 0.0366. The zero-order valence-corrected chi connectivity index (χ0v) is 13.7. The van der Waals surface area contributed by atoms with Crippen molar-refractivity contribution in [2.24, 2.45) is 0 Å². The van der Waals surface area contributed by atoms with Gasteiger partial charge in [-0.3, -0.25) is 4.79 Å². The molecule has 0 saturated carbocycles. The van der Waals surface area contributed by atoms with Crippen LogP contribution in [-0.4, -0.2) is 30.8 Å². The van der Waals surface area contributed by atoms with Crippen molar-refractivity contribution in [3.63, 3.8) is 0 Å². The summed E-state index contributed by atoms with van der Waals surface area (Å²) in [7, 11) is -3.50. The lowest BCUT2D eigenvalue weighted by Crippen LogP contribution is -2.30. The highest BCUT2D eigenvalue weighted by molar-refractivity contribution is 7.89. The molecular weight excluding hydrogens is 314 g/mol. The smallest absolute Gasteiger partial charge is 0.266 e. The Hall–Kier alpha value is -2.43. The fourth-order valence-electron chi connectivity index (χ4n) is 2.25. The van der Waals surface area contributed by atoms with Gasteiger partial charge in [-0.25, -0.2) is 8.42 Å². The molecule has 0 aliphatic heterocycles. The zero-order valence-electron chi connectivity index (χ0n) is 12.9. The number of hydrogen-bond donors (Lipinski definition) is 1. The second-order valence-corrected chi connectivity index (χ2v) is 6.78. The molecule has 1 aromatic carbocycles. The van der Waals surface area contributed by atoms with E-state index in [1.165, 1.54) is 22.5 Å². The van der Waals surface area contributed by atoms with Gasteiger partial charge in [0.2, 0.25) is 10.0 Å². The minimum atomic E-state index is -3.50. The van der Waals surface area contributed by atoms with Crippen LogP contribution in [0.5, 0.6) is 0 Å². The van der Waals surface area contributed by atoms with Gasteiger partial charge in [0.25, 0.3) is 5.56 Å². The summed E-state index contributed by atoms with van der Waals surface area (Å²) in [6, 6.07) is 11.1. The van der Waals surface area contributed by atoms with Crippen molar-refractivity contribution in [2.75, 3.05) is 13.1 Å². The number of nitrogens with zero attached hydrogens (tertiary/aromatic N) is 2. The number of aromatic amines is 1. The third-order valence-electron chi connectivity index (χ3n) is 3.54. The SMILES string of the molecule is CCN(CC)S(=O)(=O)c1ccc(-c2ccc(C#N)c(=O)[nH]2)cc1. The van der Waals surface area contributed by atoms with E-state index in [-0.39, 0.29) is 10.5 Å². The van der Waals surface area contributed by atoms with Gasteiger partial charge in [0.15, 0.2) is 0 Å². The van der Waals surface area contributed by atoms with Crippen molar-refractivity contribution in [3.05, 3.63) is 52.3 Å². The largest absolute Gasteiger partial charge is 0.321 e. The highest BCUT2D eigenvalue weighted by atomic mass is 32.2. The summed E-state index contributed by atoms with van der Waals surface area (Å²) in [5.41, 5.74) is 0.769. The van der Waals surface area contributed by atoms with Crippen LogP contribution in [0, 0.1) is 11.3 Å². The Morgan fingerprint density at radius 2 is 1.70 bits per heavy atom. The zero-order chi connectivity index (χ0) is 17.0. The summed E-state index contributed by atoms with van der Waals surface area (Å²) < 4.78 is 26.2. The molecule has 6 nitrogen and oxygen atoms in total. The van der Waals surface area contributed by atoms with Crippen molar-refractivity contribution >= 4 is 10.0 Å². The van der Waals surface area contributed by atoms with Crippen LogP contribution in [0.4, 0.5) is 0 Å². The maximum absolute atomic E-state index is 12.4. The molecular formula is C16H17N3O3S. The second-order valence-electron chi connectivity index (χ2n) is 4.84. The van der Waals surface area contributed by atoms with Crippen LogP contribution in [0.15, 0.2) is 46.1 Å². The van der Waals surface area contributed by atoms with Crippen LogP contribution >= 0.6 is 0 Å². The summed E-state index contributed by atoms with van der Waals surface area (Å²) in [6.45, 7) is 4.39. The summed E-state index contributed by atoms with van der Waals surface area (Å²) in [5.74, 6) is 0. The van der Waals surface area contributed by atoms with Gasteiger partial charge in [0.05, 0.1) is 4.90 Å². The fourth-order valence-corrected chi connectivity index (χ4v) is 3.71. The van der Waals surface area contributed by atoms with E-state index >= 15 is 0 Å². The molecule has 0 spiro atoms. The van der Waals surface area contributed by atoms with Gasteiger partial charge in [-0.15, -0.1) is 0 Å². The fraction of sp³-hybridized carbons (Fsp3) is 0.250. The van der Waals surface area contributed by atoms with E-state index < -0.39 is 15.6 Å². The minimum Gasteiger partial charge on any atom is -0.321 e. The Balaban J connectivity index is 2.39. The van der Waals surface area contributed by atoms with Gasteiger partial charge >= 0.3 is 0 Å².